The SMILES string of the molecule is CC(CS(=O)(=O)O)(OC(=O)C1CCCC2C(C(=O)Oc3c(I)ccc(I)c3I)CCCC12)C(F)(F)F. The molecule has 0 aliphatic heterocycles. The van der Waals surface area contributed by atoms with Gasteiger partial charge in [0.25, 0.3) is 10.1 Å². The average Bonchev–Trinajstić information content (AvgIpc) is 2.76. The van der Waals surface area contributed by atoms with Gasteiger partial charge in [0, 0.05) is 3.57 Å². The molecule has 5 atom stereocenters. The molecule has 1 aromatic carbocycles. The van der Waals surface area contributed by atoms with E-state index >= 15 is 0 Å². The zero-order valence-electron chi connectivity index (χ0n) is 19.0. The lowest BCUT2D eigenvalue weighted by Gasteiger charge is -2.44. The van der Waals surface area contributed by atoms with Gasteiger partial charge in [-0.3, -0.25) is 14.1 Å². The summed E-state index contributed by atoms with van der Waals surface area (Å²) in [4.78, 5) is 26.2. The van der Waals surface area contributed by atoms with Crippen LogP contribution in [0.25, 0.3) is 0 Å². The molecule has 202 valence electrons. The van der Waals surface area contributed by atoms with Crippen LogP contribution >= 0.6 is 67.8 Å². The van der Waals surface area contributed by atoms with Gasteiger partial charge in [0.2, 0.25) is 5.60 Å². The summed E-state index contributed by atoms with van der Waals surface area (Å²) in [5, 5.41) is 0. The van der Waals surface area contributed by atoms with E-state index in [1.54, 1.807) is 0 Å². The van der Waals surface area contributed by atoms with E-state index in [4.69, 9.17) is 14.0 Å². The third-order valence-corrected chi connectivity index (χ3v) is 11.6. The van der Waals surface area contributed by atoms with Crippen LogP contribution in [0.3, 0.4) is 0 Å². The van der Waals surface area contributed by atoms with Crippen molar-refractivity contribution in [2.75, 3.05) is 5.75 Å². The van der Waals surface area contributed by atoms with E-state index < -0.39 is 57.3 Å². The highest BCUT2D eigenvalue weighted by Gasteiger charge is 2.58. The monoisotopic (exact) mass is 870 g/mol. The lowest BCUT2D eigenvalue weighted by molar-refractivity contribution is -0.259. The van der Waals surface area contributed by atoms with E-state index in [9.17, 15) is 31.2 Å². The van der Waals surface area contributed by atoms with Crippen molar-refractivity contribution in [2.24, 2.45) is 23.7 Å². The minimum atomic E-state index is -5.22. The van der Waals surface area contributed by atoms with Gasteiger partial charge >= 0.3 is 18.1 Å². The summed E-state index contributed by atoms with van der Waals surface area (Å²) in [6.45, 7) is 0.435. The predicted molar refractivity (Wildman–Crippen MR) is 149 cm³/mol. The fourth-order valence-electron chi connectivity index (χ4n) is 5.18. The molecule has 36 heavy (non-hydrogen) atoms. The average molecular weight is 870 g/mol. The van der Waals surface area contributed by atoms with Crippen LogP contribution in [0.5, 0.6) is 5.75 Å². The lowest BCUT2D eigenvalue weighted by atomic mass is 9.61. The van der Waals surface area contributed by atoms with Crippen LogP contribution in [0, 0.1) is 34.4 Å². The van der Waals surface area contributed by atoms with Crippen LogP contribution in [0.2, 0.25) is 0 Å². The van der Waals surface area contributed by atoms with Gasteiger partial charge < -0.3 is 9.47 Å². The Morgan fingerprint density at radius 1 is 0.972 bits per heavy atom. The number of rotatable bonds is 6. The van der Waals surface area contributed by atoms with Gasteiger partial charge in [0.05, 0.1) is 19.0 Å². The highest BCUT2D eigenvalue weighted by atomic mass is 127. The highest BCUT2D eigenvalue weighted by molar-refractivity contribution is 14.1. The molecule has 2 aliphatic rings. The Balaban J connectivity index is 1.80. The maximum absolute atomic E-state index is 13.6. The maximum Gasteiger partial charge on any atom is 0.429 e. The maximum atomic E-state index is 13.6. The molecule has 0 amide bonds. The highest BCUT2D eigenvalue weighted by Crippen LogP contribution is 2.48. The van der Waals surface area contributed by atoms with Gasteiger partial charge in [-0.1, -0.05) is 12.8 Å². The largest absolute Gasteiger partial charge is 0.448 e. The first-order chi connectivity index (χ1) is 16.5. The van der Waals surface area contributed by atoms with Crippen molar-refractivity contribution < 1.29 is 45.2 Å². The van der Waals surface area contributed by atoms with E-state index in [1.807, 2.05) is 12.1 Å². The second kappa shape index (κ2) is 11.7. The van der Waals surface area contributed by atoms with Crippen LogP contribution in [0.1, 0.15) is 45.4 Å². The van der Waals surface area contributed by atoms with Crippen molar-refractivity contribution in [1.82, 2.24) is 0 Å². The predicted octanol–water partition coefficient (Wildman–Crippen LogP) is 5.99. The number of ether oxygens (including phenoxy) is 2. The molecular formula is C22H24F3I3O7S. The Morgan fingerprint density at radius 3 is 1.97 bits per heavy atom. The first-order valence-corrected chi connectivity index (χ1v) is 16.0. The van der Waals surface area contributed by atoms with E-state index in [0.29, 0.717) is 44.8 Å². The van der Waals surface area contributed by atoms with Gasteiger partial charge in [-0.25, -0.2) is 0 Å². The minimum absolute atomic E-state index is 0.269. The third-order valence-electron chi connectivity index (χ3n) is 6.88. The molecule has 2 saturated carbocycles. The second-order valence-corrected chi connectivity index (χ2v) is 14.2. The Labute approximate surface area is 248 Å². The summed E-state index contributed by atoms with van der Waals surface area (Å²) in [5.74, 6) is -5.02. The number of alkyl halides is 3. The van der Waals surface area contributed by atoms with Crippen molar-refractivity contribution >= 4 is 89.8 Å². The number of esters is 2. The molecule has 14 heteroatoms. The molecule has 3 rings (SSSR count). The third kappa shape index (κ3) is 6.97. The Kier molecular flexibility index (Phi) is 9.90. The van der Waals surface area contributed by atoms with Gasteiger partial charge in [-0.2, -0.15) is 21.6 Å². The summed E-state index contributed by atoms with van der Waals surface area (Å²) in [5.41, 5.74) is -3.39. The standard InChI is InChI=1S/C22H24F3I3O7S/c1-21(22(23,24)25,10-36(31,32)33)35-20(30)14-7-3-4-11-12(14)5-2-6-13(11)19(29)34-18-16(27)9-8-15(26)17(18)28/h8-9,11-14H,2-7,10H2,1H3,(H,31,32,33). The van der Waals surface area contributed by atoms with Crippen LogP contribution in [-0.2, 0) is 24.4 Å². The minimum Gasteiger partial charge on any atom is -0.448 e. The van der Waals surface area contributed by atoms with Gasteiger partial charge in [0.1, 0.15) is 5.75 Å². The Bertz CT molecular complexity index is 1130. The van der Waals surface area contributed by atoms with E-state index in [1.165, 1.54) is 0 Å². The van der Waals surface area contributed by atoms with Crippen LogP contribution in [-0.4, -0.2) is 42.4 Å². The van der Waals surface area contributed by atoms with Crippen LogP contribution in [0.15, 0.2) is 12.1 Å². The molecule has 0 saturated heterocycles. The van der Waals surface area contributed by atoms with E-state index in [-0.39, 0.29) is 12.3 Å². The molecule has 2 aliphatic carbocycles. The smallest absolute Gasteiger partial charge is 0.429 e. The fraction of sp³-hybridized carbons (Fsp3) is 0.636. The molecule has 1 N–H and O–H groups in total. The first-order valence-electron chi connectivity index (χ1n) is 11.1. The zero-order chi connectivity index (χ0) is 27.1. The van der Waals surface area contributed by atoms with Gasteiger partial charge in [-0.15, -0.1) is 0 Å². The zero-order valence-corrected chi connectivity index (χ0v) is 26.3. The second-order valence-electron chi connectivity index (χ2n) is 9.37. The van der Waals surface area contributed by atoms with Crippen molar-refractivity contribution in [3.05, 3.63) is 22.8 Å². The molecule has 0 radical (unpaired) electrons. The molecule has 2 fully saturated rings. The lowest BCUT2D eigenvalue weighted by Crippen LogP contribution is -2.53. The van der Waals surface area contributed by atoms with E-state index in [0.717, 1.165) is 10.7 Å². The Morgan fingerprint density at radius 2 is 1.47 bits per heavy atom. The van der Waals surface area contributed by atoms with Gasteiger partial charge in [0.15, 0.2) is 5.75 Å². The molecule has 0 bridgehead atoms. The summed E-state index contributed by atoms with van der Waals surface area (Å²) in [6.07, 6.45) is -2.15. The summed E-state index contributed by atoms with van der Waals surface area (Å²) in [6, 6.07) is 3.75. The first kappa shape index (κ1) is 30.6. The molecule has 7 nitrogen and oxygen atoms in total. The molecule has 1 aromatic rings. The topological polar surface area (TPSA) is 107 Å². The summed E-state index contributed by atoms with van der Waals surface area (Å²) < 4.78 is 85.5. The molecular weight excluding hydrogens is 846 g/mol. The molecule has 0 heterocycles. The number of hydrogen-bond donors (Lipinski definition) is 1. The Hall–Kier alpha value is 0.0500. The normalized spacial score (nSPS) is 26.4. The summed E-state index contributed by atoms with van der Waals surface area (Å²) >= 11 is 6.34. The van der Waals surface area contributed by atoms with Crippen molar-refractivity contribution in [3.63, 3.8) is 0 Å². The quantitative estimate of drug-likeness (QED) is 0.123. The van der Waals surface area contributed by atoms with Crippen LogP contribution in [0.4, 0.5) is 13.2 Å². The molecule has 0 spiro atoms. The summed E-state index contributed by atoms with van der Waals surface area (Å²) in [7, 11) is -5.08. The van der Waals surface area contributed by atoms with Crippen molar-refractivity contribution in [2.45, 2.75) is 57.2 Å². The van der Waals surface area contributed by atoms with Crippen molar-refractivity contribution in [1.29, 1.82) is 0 Å². The fourth-order valence-corrected chi connectivity index (χ4v) is 8.18. The number of fused-ring (bicyclic) bond motifs is 1. The molecule has 5 unspecified atom stereocenters. The number of carbonyl (C=O) groups is 2. The number of halogens is 6. The number of carbonyl (C=O) groups excluding carboxylic acids is 2. The number of hydrogen-bond acceptors (Lipinski definition) is 6. The van der Waals surface area contributed by atoms with Crippen molar-refractivity contribution in [3.8, 4) is 5.75 Å². The van der Waals surface area contributed by atoms with Crippen LogP contribution < -0.4 is 4.74 Å². The van der Waals surface area contributed by atoms with E-state index in [2.05, 4.69) is 67.8 Å². The number of benzene rings is 1. The van der Waals surface area contributed by atoms with Gasteiger partial charge in [-0.05, 0) is 124 Å². The molecule has 0 aromatic heterocycles.